The van der Waals surface area contributed by atoms with Crippen LogP contribution in [0.25, 0.3) is 0 Å². The Bertz CT molecular complexity index is 1990. The molecular weight excluding hydrogens is 1720 g/mol. The molecular formula is C124H247N3O12. The highest BCUT2D eigenvalue weighted by Gasteiger charge is 2.37. The van der Waals surface area contributed by atoms with Gasteiger partial charge in [0.25, 0.3) is 0 Å². The van der Waals surface area contributed by atoms with E-state index in [0.717, 1.165) is 103 Å². The maximum atomic E-state index is 14.8. The number of nitrogens with one attached hydrogen (secondary N) is 3. The lowest BCUT2D eigenvalue weighted by molar-refractivity contribution is -0.0274. The predicted octanol–water partition coefficient (Wildman–Crippen LogP) is 39.6. The fourth-order valence-corrected chi connectivity index (χ4v) is 19.7. The van der Waals surface area contributed by atoms with Gasteiger partial charge in [-0.2, -0.15) is 0 Å². The summed E-state index contributed by atoms with van der Waals surface area (Å²) in [4.78, 5) is 44.3. The minimum atomic E-state index is -1.12. The topological polar surface area (TPSA) is 170 Å². The van der Waals surface area contributed by atoms with E-state index in [1.54, 1.807) is 0 Å². The molecule has 0 fully saturated rings. The molecule has 0 rings (SSSR count). The molecule has 0 aromatic carbocycles. The zero-order valence-corrected chi connectivity index (χ0v) is 94.9. The fourth-order valence-electron chi connectivity index (χ4n) is 19.7. The van der Waals surface area contributed by atoms with Crippen molar-refractivity contribution in [2.75, 3.05) is 99.1 Å². The van der Waals surface area contributed by atoms with Crippen molar-refractivity contribution in [2.45, 2.75) is 677 Å². The first kappa shape index (κ1) is 137. The highest BCUT2D eigenvalue weighted by molar-refractivity contribution is 5.69. The van der Waals surface area contributed by atoms with Gasteiger partial charge in [-0.15, -0.1) is 0 Å². The van der Waals surface area contributed by atoms with Gasteiger partial charge in [0.2, 0.25) is 0 Å². The molecule has 0 bridgehead atoms. The van der Waals surface area contributed by atoms with Crippen molar-refractivity contribution in [3.05, 3.63) is 0 Å². The summed E-state index contributed by atoms with van der Waals surface area (Å²) in [5.41, 5.74) is -1.12. The van der Waals surface area contributed by atoms with E-state index in [2.05, 4.69) is 64.4 Å². The van der Waals surface area contributed by atoms with E-state index in [-0.39, 0.29) is 19.8 Å². The predicted molar refractivity (Wildman–Crippen MR) is 600 cm³/mol. The van der Waals surface area contributed by atoms with Crippen LogP contribution >= 0.6 is 0 Å². The fraction of sp³-hybridized carbons (Fsp3) is 0.976. The SMILES string of the molecule is CCCCCCCCCCCCCCCCOCC(COCCCCCCCCCCCCCCCC)NC(=O)OCC(CCCCCCCCCCCC)(COC(=O)NC(COCCCCCCCCCCCCCCCC)COCCCCCCCCCCCCCCCC)COC(=O)NC(COCCCCCCCCCCCCCCCC)COCCCCCCCCCCCCCCCC. The van der Waals surface area contributed by atoms with Crippen molar-refractivity contribution < 1.29 is 57.0 Å². The Hall–Kier alpha value is -2.43. The number of alkyl carbamates (subject to hydrolysis) is 3. The summed E-state index contributed by atoms with van der Waals surface area (Å²) in [6.45, 7) is 21.0. The average molecular weight is 1970 g/mol. The lowest BCUT2D eigenvalue weighted by atomic mass is 9.84. The first-order chi connectivity index (χ1) is 68.7. The molecule has 0 unspecified atom stereocenters. The van der Waals surface area contributed by atoms with E-state index in [1.807, 2.05) is 0 Å². The third-order valence-electron chi connectivity index (χ3n) is 29.3. The van der Waals surface area contributed by atoms with Crippen LogP contribution in [-0.2, 0) is 42.6 Å². The molecule has 0 aliphatic rings. The zero-order chi connectivity index (χ0) is 100. The van der Waals surface area contributed by atoms with Crippen LogP contribution in [0.2, 0.25) is 0 Å². The molecule has 3 N–H and O–H groups in total. The van der Waals surface area contributed by atoms with E-state index in [9.17, 15) is 14.4 Å². The average Bonchev–Trinajstić information content (AvgIpc) is 0.849. The van der Waals surface area contributed by atoms with Gasteiger partial charge < -0.3 is 58.6 Å². The van der Waals surface area contributed by atoms with Crippen LogP contribution in [0.3, 0.4) is 0 Å². The summed E-state index contributed by atoms with van der Waals surface area (Å²) >= 11 is 0. The lowest BCUT2D eigenvalue weighted by Crippen LogP contribution is -2.48. The van der Waals surface area contributed by atoms with Gasteiger partial charge in [-0.1, -0.05) is 613 Å². The van der Waals surface area contributed by atoms with Crippen LogP contribution in [0.1, 0.15) is 658 Å². The van der Waals surface area contributed by atoms with Crippen LogP contribution in [0.15, 0.2) is 0 Å². The largest absolute Gasteiger partial charge is 0.449 e. The summed E-state index contributed by atoms with van der Waals surface area (Å²) in [6, 6.07) is -1.37. The Kier molecular flexibility index (Phi) is 117. The van der Waals surface area contributed by atoms with Gasteiger partial charge >= 0.3 is 18.3 Å². The van der Waals surface area contributed by atoms with Crippen LogP contribution < -0.4 is 16.0 Å². The van der Waals surface area contributed by atoms with Crippen molar-refractivity contribution in [1.82, 2.24) is 16.0 Å². The summed E-state index contributed by atoms with van der Waals surface area (Å²) in [6.07, 6.45) is 119. The van der Waals surface area contributed by atoms with Crippen molar-refractivity contribution in [1.29, 1.82) is 0 Å². The summed E-state index contributed by atoms with van der Waals surface area (Å²) in [7, 11) is 0. The van der Waals surface area contributed by atoms with Crippen LogP contribution in [0.4, 0.5) is 14.4 Å². The Balaban J connectivity index is 7.20. The molecule has 0 atom stereocenters. The lowest BCUT2D eigenvalue weighted by Gasteiger charge is -2.33. The monoisotopic (exact) mass is 1970 g/mol. The first-order valence-electron chi connectivity index (χ1n) is 63.0. The van der Waals surface area contributed by atoms with Gasteiger partial charge in [0.05, 0.1) is 63.2 Å². The van der Waals surface area contributed by atoms with Gasteiger partial charge in [-0.05, 0) is 44.9 Å². The van der Waals surface area contributed by atoms with E-state index >= 15 is 0 Å². The summed E-state index contributed by atoms with van der Waals surface area (Å²) in [5.74, 6) is 0. The molecule has 0 saturated carbocycles. The molecule has 0 aliphatic heterocycles. The second-order valence-corrected chi connectivity index (χ2v) is 43.7. The van der Waals surface area contributed by atoms with E-state index in [4.69, 9.17) is 42.6 Å². The first-order valence-corrected chi connectivity index (χ1v) is 63.0. The zero-order valence-electron chi connectivity index (χ0n) is 94.9. The van der Waals surface area contributed by atoms with Gasteiger partial charge in [-0.3, -0.25) is 0 Å². The molecule has 3 amide bonds. The second-order valence-electron chi connectivity index (χ2n) is 43.7. The molecule has 0 heterocycles. The Labute approximate surface area is 867 Å². The number of carbonyl (C=O) groups excluding carboxylic acids is 3. The maximum Gasteiger partial charge on any atom is 0.407 e. The van der Waals surface area contributed by atoms with Gasteiger partial charge in [0.15, 0.2) is 0 Å². The Morgan fingerprint density at radius 3 is 0.388 bits per heavy atom. The quantitative estimate of drug-likeness (QED) is 0.0390. The van der Waals surface area contributed by atoms with Gasteiger partial charge in [-0.25, -0.2) is 14.4 Å². The molecule has 0 aliphatic carbocycles. The second kappa shape index (κ2) is 119. The number of ether oxygens (including phenoxy) is 9. The molecule has 0 saturated heterocycles. The van der Waals surface area contributed by atoms with Crippen molar-refractivity contribution in [3.8, 4) is 0 Å². The standard InChI is InChI=1S/C124H247N3O12/c1-8-15-22-29-36-43-50-56-62-68-75-82-89-96-103-131-109-118(110-132-104-97-90-83-76-69-63-57-51-44-37-30-23-16-9-2)125-121(128)137-115-124(102-95-88-81-74-49-42-35-28-21-14-7,116-138-122(129)126-119(111-133-105-98-91-84-77-70-64-58-52-45-38-31-24-17-10-3)112-134-106-99-92-85-78-71-65-59-53-46-39-32-25-18-11-4)117-139-123(130)127-120(113-135-107-100-93-86-79-72-66-60-54-47-40-33-26-19-12-5)114-136-108-101-94-87-80-73-67-61-55-48-41-34-27-20-13-6/h118-120H,8-117H2,1-7H3,(H,125,128)(H,126,129)(H,127,130). The van der Waals surface area contributed by atoms with Crippen LogP contribution in [0.5, 0.6) is 0 Å². The molecule has 0 aromatic rings. The highest BCUT2D eigenvalue weighted by Crippen LogP contribution is 2.30. The van der Waals surface area contributed by atoms with Crippen molar-refractivity contribution >= 4 is 18.3 Å². The number of hydrogen-bond donors (Lipinski definition) is 3. The summed E-state index contributed by atoms with van der Waals surface area (Å²) in [5, 5.41) is 9.60. The third kappa shape index (κ3) is 110. The van der Waals surface area contributed by atoms with Crippen molar-refractivity contribution in [3.63, 3.8) is 0 Å². The highest BCUT2D eigenvalue weighted by atomic mass is 16.6. The van der Waals surface area contributed by atoms with Crippen LogP contribution in [0, 0.1) is 5.41 Å². The minimum Gasteiger partial charge on any atom is -0.449 e. The van der Waals surface area contributed by atoms with E-state index in [0.29, 0.717) is 85.7 Å². The van der Waals surface area contributed by atoms with E-state index in [1.165, 1.54) is 501 Å². The number of rotatable bonds is 122. The smallest absolute Gasteiger partial charge is 0.407 e. The molecule has 15 nitrogen and oxygen atoms in total. The Morgan fingerprint density at radius 2 is 0.266 bits per heavy atom. The number of unbranched alkanes of at least 4 members (excludes halogenated alkanes) is 87. The molecule has 15 heteroatoms. The number of carbonyl (C=O) groups is 3. The summed E-state index contributed by atoms with van der Waals surface area (Å²) < 4.78 is 58.0. The normalized spacial score (nSPS) is 11.9. The van der Waals surface area contributed by atoms with Crippen LogP contribution in [-0.4, -0.2) is 136 Å². The van der Waals surface area contributed by atoms with Gasteiger partial charge in [0.1, 0.15) is 19.8 Å². The van der Waals surface area contributed by atoms with Crippen molar-refractivity contribution in [2.24, 2.45) is 5.41 Å². The molecule has 830 valence electrons. The Morgan fingerprint density at radius 1 is 0.158 bits per heavy atom. The molecule has 0 aromatic heterocycles. The molecule has 0 spiro atoms. The minimum absolute atomic E-state index is 0.161. The third-order valence-corrected chi connectivity index (χ3v) is 29.3. The van der Waals surface area contributed by atoms with E-state index < -0.39 is 41.8 Å². The number of hydrogen-bond acceptors (Lipinski definition) is 12. The molecule has 139 heavy (non-hydrogen) atoms. The maximum absolute atomic E-state index is 14.8. The van der Waals surface area contributed by atoms with Gasteiger partial charge in [0, 0.05) is 39.6 Å². The molecule has 0 radical (unpaired) electrons. The number of amides is 3.